The van der Waals surface area contributed by atoms with E-state index < -0.39 is 0 Å². The third-order valence-electron chi connectivity index (χ3n) is 5.50. The Bertz CT molecular complexity index is 1090. The van der Waals surface area contributed by atoms with Gasteiger partial charge >= 0.3 is 0 Å². The average molecular weight is 475 g/mol. The number of aryl methyl sites for hydroxylation is 2. The van der Waals surface area contributed by atoms with Gasteiger partial charge in [0.15, 0.2) is 11.0 Å². The van der Waals surface area contributed by atoms with Crippen molar-refractivity contribution in [3.63, 3.8) is 0 Å². The first-order valence-corrected chi connectivity index (χ1v) is 12.1. The van der Waals surface area contributed by atoms with Crippen LogP contribution < -0.4 is 5.32 Å². The van der Waals surface area contributed by atoms with Crippen molar-refractivity contribution < 1.29 is 4.79 Å². The van der Waals surface area contributed by atoms with Crippen molar-refractivity contribution >= 4 is 46.6 Å². The quantitative estimate of drug-likeness (QED) is 0.403. The molecule has 5 nitrogen and oxygen atoms in total. The number of anilines is 1. The summed E-state index contributed by atoms with van der Waals surface area (Å²) in [7, 11) is 0. The number of nitrogens with one attached hydrogen (secondary N) is 1. The zero-order chi connectivity index (χ0) is 22.0. The van der Waals surface area contributed by atoms with E-state index in [9.17, 15) is 4.79 Å². The molecule has 0 atom stereocenters. The maximum absolute atomic E-state index is 12.7. The smallest absolute Gasteiger partial charge is 0.234 e. The van der Waals surface area contributed by atoms with Crippen molar-refractivity contribution in [1.82, 2.24) is 14.8 Å². The molecule has 1 heterocycles. The number of halogens is 2. The van der Waals surface area contributed by atoms with Crippen LogP contribution in [0, 0.1) is 13.8 Å². The summed E-state index contributed by atoms with van der Waals surface area (Å²) in [5, 5.41) is 13.7. The lowest BCUT2D eigenvalue weighted by molar-refractivity contribution is -0.113. The number of aromatic nitrogens is 3. The molecule has 0 saturated heterocycles. The second-order valence-corrected chi connectivity index (χ2v) is 9.63. The topological polar surface area (TPSA) is 59.8 Å². The van der Waals surface area contributed by atoms with Crippen LogP contribution in [0.4, 0.5) is 5.69 Å². The maximum Gasteiger partial charge on any atom is 0.234 e. The van der Waals surface area contributed by atoms with Gasteiger partial charge in [0.25, 0.3) is 0 Å². The van der Waals surface area contributed by atoms with Gasteiger partial charge in [0.2, 0.25) is 5.91 Å². The lowest BCUT2D eigenvalue weighted by Gasteiger charge is -2.17. The molecule has 0 radical (unpaired) electrons. The molecule has 4 rings (SSSR count). The van der Waals surface area contributed by atoms with E-state index in [-0.39, 0.29) is 11.7 Å². The highest BCUT2D eigenvalue weighted by molar-refractivity contribution is 7.99. The molecular weight excluding hydrogens is 451 g/mol. The Morgan fingerprint density at radius 1 is 1.13 bits per heavy atom. The van der Waals surface area contributed by atoms with E-state index in [4.69, 9.17) is 23.2 Å². The molecule has 162 valence electrons. The van der Waals surface area contributed by atoms with Gasteiger partial charge in [-0.05, 0) is 56.0 Å². The van der Waals surface area contributed by atoms with Crippen LogP contribution in [0.25, 0.3) is 11.4 Å². The van der Waals surface area contributed by atoms with Crippen LogP contribution in [0.2, 0.25) is 10.0 Å². The summed E-state index contributed by atoms with van der Waals surface area (Å²) in [5.74, 6) is 0.855. The van der Waals surface area contributed by atoms with Gasteiger partial charge in [0.05, 0.1) is 21.5 Å². The van der Waals surface area contributed by atoms with Crippen molar-refractivity contribution in [3.8, 4) is 11.4 Å². The van der Waals surface area contributed by atoms with Crippen LogP contribution in [0.1, 0.15) is 42.9 Å². The molecule has 1 saturated carbocycles. The Kier molecular flexibility index (Phi) is 6.89. The Balaban J connectivity index is 1.55. The molecule has 2 aromatic carbocycles. The zero-order valence-corrected chi connectivity index (χ0v) is 19.8. The molecule has 1 N–H and O–H groups in total. The van der Waals surface area contributed by atoms with Crippen LogP contribution in [-0.4, -0.2) is 26.4 Å². The fourth-order valence-electron chi connectivity index (χ4n) is 4.07. The van der Waals surface area contributed by atoms with E-state index in [1.165, 1.54) is 24.6 Å². The molecule has 0 unspecified atom stereocenters. The van der Waals surface area contributed by atoms with E-state index >= 15 is 0 Å². The average Bonchev–Trinajstić information content (AvgIpc) is 3.39. The molecule has 0 spiro atoms. The van der Waals surface area contributed by atoms with Crippen LogP contribution in [0.3, 0.4) is 0 Å². The highest BCUT2D eigenvalue weighted by Gasteiger charge is 2.26. The summed E-state index contributed by atoms with van der Waals surface area (Å²) in [4.78, 5) is 12.7. The molecule has 8 heteroatoms. The first-order chi connectivity index (χ1) is 14.9. The van der Waals surface area contributed by atoms with Crippen molar-refractivity contribution in [2.45, 2.75) is 50.7 Å². The molecule has 3 aromatic rings. The van der Waals surface area contributed by atoms with Gasteiger partial charge in [0, 0.05) is 11.6 Å². The summed E-state index contributed by atoms with van der Waals surface area (Å²) in [6, 6.07) is 11.8. The Hall–Kier alpha value is -2.02. The van der Waals surface area contributed by atoms with Crippen LogP contribution in [0.15, 0.2) is 41.6 Å². The summed E-state index contributed by atoms with van der Waals surface area (Å²) < 4.78 is 2.16. The molecular formula is C23H24Cl2N4OS. The third kappa shape index (κ3) is 4.92. The van der Waals surface area contributed by atoms with E-state index in [0.29, 0.717) is 21.8 Å². The standard InChI is InChI=1S/C23H24Cl2N4OS/c1-14-11-15(2)21(19(25)12-14)26-20(30)13-31-23-28-27-22(17-9-5-6-10-18(17)24)29(23)16-7-3-4-8-16/h5-6,9-12,16H,3-4,7-8,13H2,1-2H3,(H,26,30). The van der Waals surface area contributed by atoms with E-state index in [1.54, 1.807) is 0 Å². The summed E-state index contributed by atoms with van der Waals surface area (Å²) in [5.41, 5.74) is 3.53. The SMILES string of the molecule is Cc1cc(C)c(NC(=O)CSc2nnc(-c3ccccc3Cl)n2C2CCCC2)c(Cl)c1. The normalized spacial score (nSPS) is 14.2. The number of carbonyl (C=O) groups excluding carboxylic acids is 1. The predicted molar refractivity (Wildman–Crippen MR) is 128 cm³/mol. The molecule has 1 fully saturated rings. The highest BCUT2D eigenvalue weighted by atomic mass is 35.5. The van der Waals surface area contributed by atoms with Gasteiger partial charge in [-0.25, -0.2) is 0 Å². The van der Waals surface area contributed by atoms with Gasteiger partial charge in [-0.2, -0.15) is 0 Å². The third-order valence-corrected chi connectivity index (χ3v) is 7.07. The number of thioether (sulfide) groups is 1. The van der Waals surface area contributed by atoms with Gasteiger partial charge in [-0.15, -0.1) is 10.2 Å². The second-order valence-electron chi connectivity index (χ2n) is 7.87. The lowest BCUT2D eigenvalue weighted by atomic mass is 10.1. The monoisotopic (exact) mass is 474 g/mol. The fourth-order valence-corrected chi connectivity index (χ4v) is 5.47. The van der Waals surface area contributed by atoms with Gasteiger partial charge in [-0.3, -0.25) is 9.36 Å². The van der Waals surface area contributed by atoms with Crippen molar-refractivity contribution in [1.29, 1.82) is 0 Å². The van der Waals surface area contributed by atoms with E-state index in [2.05, 4.69) is 20.1 Å². The van der Waals surface area contributed by atoms with Gasteiger partial charge < -0.3 is 5.32 Å². The molecule has 0 bridgehead atoms. The van der Waals surface area contributed by atoms with E-state index in [0.717, 1.165) is 40.5 Å². The number of nitrogens with zero attached hydrogens (tertiary/aromatic N) is 3. The first-order valence-electron chi connectivity index (χ1n) is 10.3. The molecule has 1 amide bonds. The summed E-state index contributed by atoms with van der Waals surface area (Å²) >= 11 is 14.2. The molecule has 0 aliphatic heterocycles. The number of amides is 1. The second kappa shape index (κ2) is 9.63. The minimum absolute atomic E-state index is 0.126. The maximum atomic E-state index is 12.7. The van der Waals surface area contributed by atoms with Crippen molar-refractivity contribution in [3.05, 3.63) is 57.6 Å². The van der Waals surface area contributed by atoms with E-state index in [1.807, 2.05) is 50.2 Å². The van der Waals surface area contributed by atoms with Crippen molar-refractivity contribution in [2.24, 2.45) is 0 Å². The Labute approximate surface area is 196 Å². The number of benzene rings is 2. The molecule has 1 aromatic heterocycles. The van der Waals surface area contributed by atoms with Crippen LogP contribution in [0.5, 0.6) is 0 Å². The predicted octanol–water partition coefficient (Wildman–Crippen LogP) is 6.71. The fraction of sp³-hybridized carbons (Fsp3) is 0.348. The first kappa shape index (κ1) is 22.2. The van der Waals surface area contributed by atoms with Crippen LogP contribution >= 0.6 is 35.0 Å². The van der Waals surface area contributed by atoms with Gasteiger partial charge in [0.1, 0.15) is 0 Å². The largest absolute Gasteiger partial charge is 0.324 e. The highest BCUT2D eigenvalue weighted by Crippen LogP contribution is 2.38. The zero-order valence-electron chi connectivity index (χ0n) is 17.5. The lowest BCUT2D eigenvalue weighted by Crippen LogP contribution is -2.16. The molecule has 1 aliphatic rings. The minimum Gasteiger partial charge on any atom is -0.324 e. The minimum atomic E-state index is -0.126. The number of rotatable bonds is 6. The van der Waals surface area contributed by atoms with Crippen molar-refractivity contribution in [2.75, 3.05) is 11.1 Å². The van der Waals surface area contributed by atoms with Gasteiger partial charge in [-0.1, -0.05) is 66.0 Å². The molecule has 31 heavy (non-hydrogen) atoms. The number of hydrogen-bond acceptors (Lipinski definition) is 4. The Morgan fingerprint density at radius 2 is 1.87 bits per heavy atom. The molecule has 1 aliphatic carbocycles. The van der Waals surface area contributed by atoms with Crippen LogP contribution in [-0.2, 0) is 4.79 Å². The summed E-state index contributed by atoms with van der Waals surface area (Å²) in [6.45, 7) is 3.92. The Morgan fingerprint density at radius 3 is 2.58 bits per heavy atom. The number of hydrogen-bond donors (Lipinski definition) is 1. The summed E-state index contributed by atoms with van der Waals surface area (Å²) in [6.07, 6.45) is 4.52. The number of carbonyl (C=O) groups is 1.